The molecule has 20 heavy (non-hydrogen) atoms. The number of halogens is 1. The van der Waals surface area contributed by atoms with E-state index >= 15 is 0 Å². The van der Waals surface area contributed by atoms with E-state index in [0.29, 0.717) is 0 Å². The van der Waals surface area contributed by atoms with Crippen LogP contribution in [0.4, 0.5) is 5.69 Å². The van der Waals surface area contributed by atoms with Gasteiger partial charge >= 0.3 is 0 Å². The molecule has 0 bridgehead atoms. The molecule has 1 N–H and O–H groups in total. The monoisotopic (exact) mass is 333 g/mol. The Kier molecular flexibility index (Phi) is 4.84. The van der Waals surface area contributed by atoms with Gasteiger partial charge in [0, 0.05) is 18.1 Å². The zero-order valence-corrected chi connectivity index (χ0v) is 13.7. The van der Waals surface area contributed by atoms with Crippen LogP contribution in [0.5, 0.6) is 0 Å². The first kappa shape index (κ1) is 15.1. The first-order valence-electron chi connectivity index (χ1n) is 6.71. The van der Waals surface area contributed by atoms with Gasteiger partial charge in [0.25, 0.3) is 0 Å². The zero-order chi connectivity index (χ0) is 14.7. The van der Waals surface area contributed by atoms with Crippen LogP contribution in [0.25, 0.3) is 0 Å². The van der Waals surface area contributed by atoms with Crippen LogP contribution in [0, 0.1) is 6.92 Å². The molecule has 0 heterocycles. The van der Waals surface area contributed by atoms with Crippen molar-refractivity contribution in [2.45, 2.75) is 26.5 Å². The number of benzene rings is 2. The fourth-order valence-corrected chi connectivity index (χ4v) is 2.96. The topological polar surface area (TPSA) is 23.5 Å². The smallest absolute Gasteiger partial charge is 0.0762 e. The van der Waals surface area contributed by atoms with Gasteiger partial charge in [-0.05, 0) is 53.0 Å². The Morgan fingerprint density at radius 2 is 1.95 bits per heavy atom. The molecule has 0 aliphatic carbocycles. The second-order valence-corrected chi connectivity index (χ2v) is 6.09. The van der Waals surface area contributed by atoms with Crippen LogP contribution in [0.2, 0.25) is 0 Å². The molecule has 0 spiro atoms. The summed E-state index contributed by atoms with van der Waals surface area (Å²) in [5, 5.41) is 9.61. The highest BCUT2D eigenvalue weighted by molar-refractivity contribution is 9.10. The van der Waals surface area contributed by atoms with E-state index in [4.69, 9.17) is 0 Å². The molecule has 0 fully saturated rings. The maximum Gasteiger partial charge on any atom is 0.0762 e. The number of hydrogen-bond donors (Lipinski definition) is 1. The Morgan fingerprint density at radius 3 is 2.55 bits per heavy atom. The highest BCUT2D eigenvalue weighted by atomic mass is 79.9. The lowest BCUT2D eigenvalue weighted by atomic mass is 10.1. The summed E-state index contributed by atoms with van der Waals surface area (Å²) in [5.41, 5.74) is 4.61. The summed E-state index contributed by atoms with van der Waals surface area (Å²) in [6.45, 7) is 4.74. The minimum Gasteiger partial charge on any atom is -0.389 e. The van der Waals surface area contributed by atoms with Crippen LogP contribution in [0.3, 0.4) is 0 Å². The maximum atomic E-state index is 9.61. The van der Waals surface area contributed by atoms with Crippen molar-refractivity contribution in [3.63, 3.8) is 0 Å². The number of aliphatic hydroxyl groups is 1. The summed E-state index contributed by atoms with van der Waals surface area (Å²) in [6, 6.07) is 14.5. The first-order chi connectivity index (χ1) is 9.47. The van der Waals surface area contributed by atoms with Gasteiger partial charge in [0.1, 0.15) is 0 Å². The van der Waals surface area contributed by atoms with Crippen molar-refractivity contribution in [3.8, 4) is 0 Å². The van der Waals surface area contributed by atoms with Crippen LogP contribution in [-0.4, -0.2) is 12.2 Å². The highest BCUT2D eigenvalue weighted by Gasteiger charge is 2.09. The van der Waals surface area contributed by atoms with Crippen LogP contribution in [-0.2, 0) is 6.54 Å². The Hall–Kier alpha value is -1.32. The normalized spacial score (nSPS) is 12.2. The summed E-state index contributed by atoms with van der Waals surface area (Å²) in [6.07, 6.45) is -0.442. The molecule has 0 saturated heterocycles. The molecule has 0 aliphatic heterocycles. The molecular formula is C17H20BrNO. The molecule has 0 radical (unpaired) electrons. The van der Waals surface area contributed by atoms with Gasteiger partial charge < -0.3 is 10.0 Å². The molecule has 0 aromatic heterocycles. The molecule has 0 unspecified atom stereocenters. The second kappa shape index (κ2) is 6.42. The summed E-state index contributed by atoms with van der Waals surface area (Å²) in [7, 11) is 2.07. The van der Waals surface area contributed by atoms with E-state index in [1.165, 1.54) is 11.1 Å². The minimum atomic E-state index is -0.442. The van der Waals surface area contributed by atoms with E-state index in [-0.39, 0.29) is 0 Å². The number of hydrogen-bond acceptors (Lipinski definition) is 2. The summed E-state index contributed by atoms with van der Waals surface area (Å²) in [5.74, 6) is 0. The molecule has 0 amide bonds. The van der Waals surface area contributed by atoms with Crippen molar-refractivity contribution in [2.75, 3.05) is 11.9 Å². The number of aryl methyl sites for hydroxylation is 1. The van der Waals surface area contributed by atoms with Crippen molar-refractivity contribution in [2.24, 2.45) is 0 Å². The highest BCUT2D eigenvalue weighted by Crippen LogP contribution is 2.29. The Bertz CT molecular complexity index is 595. The fraction of sp³-hybridized carbons (Fsp3) is 0.294. The standard InChI is InChI=1S/C17H20BrNO/c1-12-5-4-6-14(9-12)11-19(3)17-8-7-15(13(2)20)10-16(17)18/h4-10,13,20H,11H2,1-3H3/t13-/m0/s1. The lowest BCUT2D eigenvalue weighted by molar-refractivity contribution is 0.199. The van der Waals surface area contributed by atoms with Crippen molar-refractivity contribution in [1.29, 1.82) is 0 Å². The van der Waals surface area contributed by atoms with Gasteiger partial charge in [0.05, 0.1) is 11.8 Å². The molecule has 1 atom stereocenters. The SMILES string of the molecule is Cc1cccc(CN(C)c2ccc([C@H](C)O)cc2Br)c1. The molecule has 106 valence electrons. The molecule has 2 aromatic carbocycles. The van der Waals surface area contributed by atoms with Gasteiger partial charge in [-0.2, -0.15) is 0 Å². The maximum absolute atomic E-state index is 9.61. The van der Waals surface area contributed by atoms with Gasteiger partial charge in [-0.25, -0.2) is 0 Å². The Balaban J connectivity index is 2.19. The summed E-state index contributed by atoms with van der Waals surface area (Å²) < 4.78 is 1.01. The molecule has 0 saturated carbocycles. The average molecular weight is 334 g/mol. The fourth-order valence-electron chi connectivity index (χ4n) is 2.26. The van der Waals surface area contributed by atoms with Crippen molar-refractivity contribution in [1.82, 2.24) is 0 Å². The molecule has 3 heteroatoms. The van der Waals surface area contributed by atoms with Crippen molar-refractivity contribution in [3.05, 3.63) is 63.6 Å². The quantitative estimate of drug-likeness (QED) is 0.893. The predicted molar refractivity (Wildman–Crippen MR) is 88.1 cm³/mol. The third-order valence-corrected chi connectivity index (χ3v) is 4.00. The molecule has 0 aliphatic rings. The lowest BCUT2D eigenvalue weighted by Gasteiger charge is -2.22. The van der Waals surface area contributed by atoms with E-state index in [1.807, 2.05) is 18.2 Å². The van der Waals surface area contributed by atoms with E-state index in [9.17, 15) is 5.11 Å². The third kappa shape index (κ3) is 3.62. The Morgan fingerprint density at radius 1 is 1.20 bits per heavy atom. The number of nitrogens with zero attached hydrogens (tertiary/aromatic N) is 1. The molecule has 2 aromatic rings. The summed E-state index contributed by atoms with van der Waals surface area (Å²) in [4.78, 5) is 2.20. The van der Waals surface area contributed by atoms with Crippen molar-refractivity contribution >= 4 is 21.6 Å². The third-order valence-electron chi connectivity index (χ3n) is 3.37. The number of rotatable bonds is 4. The van der Waals surface area contributed by atoms with Gasteiger partial charge in [-0.3, -0.25) is 0 Å². The zero-order valence-electron chi connectivity index (χ0n) is 12.1. The molecule has 2 rings (SSSR count). The second-order valence-electron chi connectivity index (χ2n) is 5.23. The number of aliphatic hydroxyl groups excluding tert-OH is 1. The van der Waals surface area contributed by atoms with Crippen LogP contribution in [0.15, 0.2) is 46.9 Å². The van der Waals surface area contributed by atoms with Crippen LogP contribution < -0.4 is 4.90 Å². The molecule has 2 nitrogen and oxygen atoms in total. The molecular weight excluding hydrogens is 314 g/mol. The minimum absolute atomic E-state index is 0.442. The first-order valence-corrected chi connectivity index (χ1v) is 7.51. The van der Waals surface area contributed by atoms with Gasteiger partial charge in [0.15, 0.2) is 0 Å². The lowest BCUT2D eigenvalue weighted by Crippen LogP contribution is -2.17. The van der Waals surface area contributed by atoms with Gasteiger partial charge in [-0.15, -0.1) is 0 Å². The van der Waals surface area contributed by atoms with E-state index in [1.54, 1.807) is 6.92 Å². The summed E-state index contributed by atoms with van der Waals surface area (Å²) >= 11 is 3.59. The van der Waals surface area contributed by atoms with Crippen molar-refractivity contribution < 1.29 is 5.11 Å². The van der Waals surface area contributed by atoms with E-state index in [0.717, 1.165) is 22.3 Å². The van der Waals surface area contributed by atoms with Gasteiger partial charge in [0.2, 0.25) is 0 Å². The van der Waals surface area contributed by atoms with E-state index in [2.05, 4.69) is 59.1 Å². The largest absolute Gasteiger partial charge is 0.389 e. The van der Waals surface area contributed by atoms with Gasteiger partial charge in [-0.1, -0.05) is 35.9 Å². The van der Waals surface area contributed by atoms with E-state index < -0.39 is 6.10 Å². The average Bonchev–Trinajstić information content (AvgIpc) is 2.38. The van der Waals surface area contributed by atoms with Crippen LogP contribution in [0.1, 0.15) is 29.7 Å². The Labute approximate surface area is 129 Å². The number of anilines is 1. The van der Waals surface area contributed by atoms with Crippen LogP contribution >= 0.6 is 15.9 Å². The predicted octanol–water partition coefficient (Wildman–Crippen LogP) is 4.45.